The molecule has 0 aromatic carbocycles. The van der Waals surface area contributed by atoms with Gasteiger partial charge in [-0.1, -0.05) is 0 Å². The molecule has 2 nitrogen and oxygen atoms in total. The summed E-state index contributed by atoms with van der Waals surface area (Å²) in [5.74, 6) is 0.799. The molecule has 1 saturated carbocycles. The van der Waals surface area contributed by atoms with Gasteiger partial charge < -0.3 is 5.73 Å². The summed E-state index contributed by atoms with van der Waals surface area (Å²) in [5, 5.41) is 3.48. The Morgan fingerprint density at radius 2 is 2.42 bits per heavy atom. The van der Waals surface area contributed by atoms with Gasteiger partial charge in [0.05, 0.1) is 10.7 Å². The van der Waals surface area contributed by atoms with Crippen molar-refractivity contribution in [1.29, 1.82) is 0 Å². The second kappa shape index (κ2) is 3.54. The van der Waals surface area contributed by atoms with Crippen LogP contribution in [0, 0.1) is 0 Å². The molecule has 1 heterocycles. The number of aryl methyl sites for hydroxylation is 1. The third kappa shape index (κ3) is 1.84. The minimum Gasteiger partial charge on any atom is -0.330 e. The fourth-order valence-corrected chi connectivity index (χ4v) is 2.18. The Hall–Kier alpha value is -0.410. The molecule has 0 aliphatic heterocycles. The highest BCUT2D eigenvalue weighted by molar-refractivity contribution is 7.09. The fraction of sp³-hybridized carbons (Fsp3) is 0.667. The van der Waals surface area contributed by atoms with Crippen LogP contribution in [0.4, 0.5) is 0 Å². The highest BCUT2D eigenvalue weighted by Crippen LogP contribution is 2.40. The van der Waals surface area contributed by atoms with E-state index < -0.39 is 0 Å². The molecule has 0 spiro atoms. The molecule has 1 aromatic rings. The molecule has 12 heavy (non-hydrogen) atoms. The molecule has 0 saturated heterocycles. The molecule has 0 radical (unpaired) electrons. The molecule has 3 heteroatoms. The topological polar surface area (TPSA) is 38.9 Å². The molecule has 1 aliphatic carbocycles. The zero-order valence-corrected chi connectivity index (χ0v) is 7.94. The van der Waals surface area contributed by atoms with Crippen LogP contribution < -0.4 is 5.73 Å². The lowest BCUT2D eigenvalue weighted by atomic mass is 10.3. The van der Waals surface area contributed by atoms with Crippen LogP contribution in [0.5, 0.6) is 0 Å². The molecule has 2 rings (SSSR count). The van der Waals surface area contributed by atoms with Crippen LogP contribution in [0.1, 0.15) is 35.9 Å². The maximum absolute atomic E-state index is 5.43. The van der Waals surface area contributed by atoms with Gasteiger partial charge in [-0.25, -0.2) is 4.98 Å². The molecule has 0 atom stereocenters. The minimum atomic E-state index is 0.776. The number of hydrogen-bond donors (Lipinski definition) is 1. The van der Waals surface area contributed by atoms with Crippen LogP contribution in [-0.4, -0.2) is 11.5 Å². The average Bonchev–Trinajstić information content (AvgIpc) is 2.83. The number of aromatic nitrogens is 1. The predicted molar refractivity (Wildman–Crippen MR) is 51.5 cm³/mol. The van der Waals surface area contributed by atoms with E-state index in [2.05, 4.69) is 10.4 Å². The van der Waals surface area contributed by atoms with Crippen molar-refractivity contribution in [3.05, 3.63) is 16.1 Å². The summed E-state index contributed by atoms with van der Waals surface area (Å²) in [7, 11) is 0. The largest absolute Gasteiger partial charge is 0.330 e. The van der Waals surface area contributed by atoms with Crippen molar-refractivity contribution in [2.75, 3.05) is 6.54 Å². The van der Waals surface area contributed by atoms with Gasteiger partial charge in [0.15, 0.2) is 0 Å². The monoisotopic (exact) mass is 182 g/mol. The van der Waals surface area contributed by atoms with Gasteiger partial charge in [0, 0.05) is 17.7 Å². The van der Waals surface area contributed by atoms with Crippen LogP contribution in [0.3, 0.4) is 0 Å². The second-order valence-electron chi connectivity index (χ2n) is 3.33. The van der Waals surface area contributed by atoms with Crippen molar-refractivity contribution in [3.63, 3.8) is 0 Å². The summed E-state index contributed by atoms with van der Waals surface area (Å²) >= 11 is 1.79. The van der Waals surface area contributed by atoms with Gasteiger partial charge in [-0.3, -0.25) is 0 Å². The summed E-state index contributed by atoms with van der Waals surface area (Å²) in [6.45, 7) is 0.776. The lowest BCUT2D eigenvalue weighted by Crippen LogP contribution is -2.00. The third-order valence-corrected chi connectivity index (χ3v) is 3.09. The normalized spacial score (nSPS) is 16.8. The van der Waals surface area contributed by atoms with E-state index in [1.54, 1.807) is 11.3 Å². The zero-order valence-electron chi connectivity index (χ0n) is 7.12. The SMILES string of the molecule is NCCCc1nc(C2CC2)cs1. The average molecular weight is 182 g/mol. The Kier molecular flexibility index (Phi) is 2.42. The first-order valence-corrected chi connectivity index (χ1v) is 5.42. The second-order valence-corrected chi connectivity index (χ2v) is 4.28. The Morgan fingerprint density at radius 3 is 3.08 bits per heavy atom. The summed E-state index contributed by atoms with van der Waals surface area (Å²) in [6.07, 6.45) is 4.83. The number of nitrogens with two attached hydrogens (primary N) is 1. The maximum Gasteiger partial charge on any atom is 0.0928 e. The van der Waals surface area contributed by atoms with E-state index in [0.717, 1.165) is 25.3 Å². The minimum absolute atomic E-state index is 0.776. The van der Waals surface area contributed by atoms with E-state index >= 15 is 0 Å². The Balaban J connectivity index is 1.93. The Morgan fingerprint density at radius 1 is 1.58 bits per heavy atom. The molecule has 66 valence electrons. The van der Waals surface area contributed by atoms with Gasteiger partial charge in [0.25, 0.3) is 0 Å². The number of rotatable bonds is 4. The fourth-order valence-electron chi connectivity index (χ4n) is 1.26. The smallest absolute Gasteiger partial charge is 0.0928 e. The van der Waals surface area contributed by atoms with Gasteiger partial charge in [0.1, 0.15) is 0 Å². The summed E-state index contributed by atoms with van der Waals surface area (Å²) in [6, 6.07) is 0. The van der Waals surface area contributed by atoms with Gasteiger partial charge in [-0.15, -0.1) is 11.3 Å². The number of nitrogens with zero attached hydrogens (tertiary/aromatic N) is 1. The molecule has 1 aliphatic rings. The van der Waals surface area contributed by atoms with Crippen molar-refractivity contribution < 1.29 is 0 Å². The van der Waals surface area contributed by atoms with Crippen LogP contribution in [0.2, 0.25) is 0 Å². The Bertz CT molecular complexity index is 253. The van der Waals surface area contributed by atoms with Gasteiger partial charge in [0.2, 0.25) is 0 Å². The molecular weight excluding hydrogens is 168 g/mol. The maximum atomic E-state index is 5.43. The Labute approximate surface area is 76.8 Å². The van der Waals surface area contributed by atoms with Crippen molar-refractivity contribution in [3.8, 4) is 0 Å². The third-order valence-electron chi connectivity index (χ3n) is 2.16. The highest BCUT2D eigenvalue weighted by Gasteiger charge is 2.25. The van der Waals surface area contributed by atoms with Crippen LogP contribution in [-0.2, 0) is 6.42 Å². The first-order valence-electron chi connectivity index (χ1n) is 4.54. The molecule has 0 bridgehead atoms. The van der Waals surface area contributed by atoms with Crippen molar-refractivity contribution >= 4 is 11.3 Å². The first-order chi connectivity index (χ1) is 5.90. The molecule has 0 unspecified atom stereocenters. The predicted octanol–water partition coefficient (Wildman–Crippen LogP) is 1.91. The lowest BCUT2D eigenvalue weighted by molar-refractivity contribution is 0.820. The van der Waals surface area contributed by atoms with Crippen LogP contribution in [0.15, 0.2) is 5.38 Å². The lowest BCUT2D eigenvalue weighted by Gasteiger charge is -1.91. The van der Waals surface area contributed by atoms with E-state index in [1.807, 2.05) is 0 Å². The molecule has 2 N–H and O–H groups in total. The first kappa shape index (κ1) is 8.20. The number of hydrogen-bond acceptors (Lipinski definition) is 3. The van der Waals surface area contributed by atoms with Crippen molar-refractivity contribution in [1.82, 2.24) is 4.98 Å². The van der Waals surface area contributed by atoms with Crippen molar-refractivity contribution in [2.45, 2.75) is 31.6 Å². The van der Waals surface area contributed by atoms with Gasteiger partial charge in [-0.2, -0.15) is 0 Å². The molecular formula is C9H14N2S. The highest BCUT2D eigenvalue weighted by atomic mass is 32.1. The van der Waals surface area contributed by atoms with E-state index in [4.69, 9.17) is 5.73 Å². The summed E-state index contributed by atoms with van der Waals surface area (Å²) in [4.78, 5) is 4.57. The standard InChI is InChI=1S/C9H14N2S/c10-5-1-2-9-11-8(6-12-9)7-3-4-7/h6-7H,1-5,10H2. The van der Waals surface area contributed by atoms with Crippen LogP contribution >= 0.6 is 11.3 Å². The van der Waals surface area contributed by atoms with Gasteiger partial charge in [-0.05, 0) is 25.8 Å². The van der Waals surface area contributed by atoms with E-state index in [1.165, 1.54) is 23.5 Å². The van der Waals surface area contributed by atoms with Gasteiger partial charge >= 0.3 is 0 Å². The van der Waals surface area contributed by atoms with Crippen molar-refractivity contribution in [2.24, 2.45) is 5.73 Å². The van der Waals surface area contributed by atoms with E-state index in [9.17, 15) is 0 Å². The molecule has 1 fully saturated rings. The van der Waals surface area contributed by atoms with E-state index in [-0.39, 0.29) is 0 Å². The quantitative estimate of drug-likeness (QED) is 0.772. The summed E-state index contributed by atoms with van der Waals surface area (Å²) in [5.41, 5.74) is 6.76. The zero-order chi connectivity index (χ0) is 8.39. The molecule has 1 aromatic heterocycles. The molecule has 0 amide bonds. The van der Waals surface area contributed by atoms with Crippen LogP contribution in [0.25, 0.3) is 0 Å². The number of thiazole rings is 1. The van der Waals surface area contributed by atoms with E-state index in [0.29, 0.717) is 0 Å². The summed E-state index contributed by atoms with van der Waals surface area (Å²) < 4.78 is 0.